The molecule has 33 heavy (non-hydrogen) atoms. The monoisotopic (exact) mass is 435 g/mol. The first kappa shape index (κ1) is 23.2. The Morgan fingerprint density at radius 2 is 1.58 bits per heavy atom. The predicted molar refractivity (Wildman–Crippen MR) is 144 cm³/mol. The molecule has 0 saturated heterocycles. The minimum absolute atomic E-state index is 0.0799. The number of nitrogens with zero attached hydrogens (tertiary/aromatic N) is 1. The highest BCUT2D eigenvalue weighted by atomic mass is 14.7. The van der Waals surface area contributed by atoms with Crippen molar-refractivity contribution in [1.82, 2.24) is 4.98 Å². The molecule has 1 heteroatoms. The highest BCUT2D eigenvalue weighted by Gasteiger charge is 2.31. The summed E-state index contributed by atoms with van der Waals surface area (Å²) in [6, 6.07) is 26.9. The summed E-state index contributed by atoms with van der Waals surface area (Å²) in [5, 5.41) is 2.46. The van der Waals surface area contributed by atoms with Gasteiger partial charge in [0.25, 0.3) is 0 Å². The van der Waals surface area contributed by atoms with Gasteiger partial charge in [0.05, 0.1) is 5.69 Å². The molecule has 1 aromatic heterocycles. The van der Waals surface area contributed by atoms with Crippen molar-refractivity contribution in [2.45, 2.75) is 65.7 Å². The number of hydrogen-bond donors (Lipinski definition) is 0. The summed E-state index contributed by atoms with van der Waals surface area (Å²) >= 11 is 0. The second kappa shape index (κ2) is 9.91. The van der Waals surface area contributed by atoms with Crippen LogP contribution < -0.4 is 0 Å². The summed E-state index contributed by atoms with van der Waals surface area (Å²) in [6.07, 6.45) is 6.68. The van der Waals surface area contributed by atoms with Gasteiger partial charge in [-0.15, -0.1) is 0 Å². The van der Waals surface area contributed by atoms with Gasteiger partial charge in [-0.3, -0.25) is 4.98 Å². The van der Waals surface area contributed by atoms with E-state index in [2.05, 4.69) is 107 Å². The standard InChI is InChI=1S/C32H37N/c1-6-8-11-24-14-16-25(17-15-24)27-18-19-30(32(5,7-2)23(3)4)29(22-27)31-28-13-10-9-12-26(28)20-21-33-31/h9-10,12-23H,6-8,11H2,1-5H3. The topological polar surface area (TPSA) is 12.9 Å². The first-order valence-corrected chi connectivity index (χ1v) is 12.6. The molecule has 1 heterocycles. The maximum atomic E-state index is 4.93. The minimum atomic E-state index is 0.0799. The molecule has 0 fully saturated rings. The van der Waals surface area contributed by atoms with Crippen molar-refractivity contribution in [2.75, 3.05) is 0 Å². The maximum Gasteiger partial charge on any atom is 0.0783 e. The van der Waals surface area contributed by atoms with Crippen LogP contribution in [0.2, 0.25) is 0 Å². The Morgan fingerprint density at radius 3 is 2.27 bits per heavy atom. The Balaban J connectivity index is 1.90. The number of fused-ring (bicyclic) bond motifs is 1. The Bertz CT molecular complexity index is 1210. The fraction of sp³-hybridized carbons (Fsp3) is 0.344. The zero-order chi connectivity index (χ0) is 23.4. The van der Waals surface area contributed by atoms with Gasteiger partial charge >= 0.3 is 0 Å². The third-order valence-electron chi connectivity index (χ3n) is 7.68. The van der Waals surface area contributed by atoms with Crippen LogP contribution in [0.25, 0.3) is 33.2 Å². The summed E-state index contributed by atoms with van der Waals surface area (Å²) in [5.74, 6) is 0.528. The van der Waals surface area contributed by atoms with Crippen molar-refractivity contribution < 1.29 is 0 Å². The molecule has 4 aromatic rings. The van der Waals surface area contributed by atoms with Gasteiger partial charge in [-0.05, 0) is 70.4 Å². The van der Waals surface area contributed by atoms with E-state index in [0.29, 0.717) is 5.92 Å². The van der Waals surface area contributed by atoms with Crippen LogP contribution in [-0.4, -0.2) is 4.98 Å². The van der Waals surface area contributed by atoms with Gasteiger partial charge in [-0.2, -0.15) is 0 Å². The highest BCUT2D eigenvalue weighted by molar-refractivity contribution is 5.96. The lowest BCUT2D eigenvalue weighted by Crippen LogP contribution is -2.28. The largest absolute Gasteiger partial charge is 0.256 e. The first-order chi connectivity index (χ1) is 16.0. The highest BCUT2D eigenvalue weighted by Crippen LogP contribution is 2.43. The minimum Gasteiger partial charge on any atom is -0.256 e. The van der Waals surface area contributed by atoms with E-state index in [1.807, 2.05) is 6.20 Å². The third-order valence-corrected chi connectivity index (χ3v) is 7.68. The molecule has 0 aliphatic carbocycles. The SMILES string of the molecule is CCCCc1ccc(-c2ccc(C(C)(CC)C(C)C)c(-c3nccc4ccccc34)c2)cc1. The molecule has 0 aliphatic rings. The second-order valence-corrected chi connectivity index (χ2v) is 9.87. The number of benzene rings is 3. The first-order valence-electron chi connectivity index (χ1n) is 12.6. The Morgan fingerprint density at radius 1 is 0.848 bits per heavy atom. The van der Waals surface area contributed by atoms with Crippen LogP contribution in [0, 0.1) is 5.92 Å². The number of pyridine rings is 1. The van der Waals surface area contributed by atoms with Gasteiger partial charge in [0.1, 0.15) is 0 Å². The van der Waals surface area contributed by atoms with Crippen LogP contribution in [0.4, 0.5) is 0 Å². The lowest BCUT2D eigenvalue weighted by Gasteiger charge is -2.35. The number of aromatic nitrogens is 1. The van der Waals surface area contributed by atoms with E-state index in [9.17, 15) is 0 Å². The maximum absolute atomic E-state index is 4.93. The Labute approximate surface area is 199 Å². The average molecular weight is 436 g/mol. The van der Waals surface area contributed by atoms with E-state index in [0.717, 1.165) is 18.5 Å². The second-order valence-electron chi connectivity index (χ2n) is 9.87. The summed E-state index contributed by atoms with van der Waals surface area (Å²) in [7, 11) is 0. The van der Waals surface area contributed by atoms with Crippen LogP contribution in [-0.2, 0) is 11.8 Å². The molecule has 0 N–H and O–H groups in total. The molecule has 3 aromatic carbocycles. The van der Waals surface area contributed by atoms with Crippen LogP contribution >= 0.6 is 0 Å². The van der Waals surface area contributed by atoms with Crippen molar-refractivity contribution in [3.63, 3.8) is 0 Å². The number of aryl methyl sites for hydroxylation is 1. The number of unbranched alkanes of at least 4 members (excludes halogenated alkanes) is 1. The lowest BCUT2D eigenvalue weighted by molar-refractivity contribution is 0.327. The van der Waals surface area contributed by atoms with Crippen LogP contribution in [0.1, 0.15) is 65.0 Å². The molecule has 1 unspecified atom stereocenters. The average Bonchev–Trinajstić information content (AvgIpc) is 2.86. The van der Waals surface area contributed by atoms with Gasteiger partial charge in [0.15, 0.2) is 0 Å². The molecule has 0 amide bonds. The van der Waals surface area contributed by atoms with E-state index in [-0.39, 0.29) is 5.41 Å². The summed E-state index contributed by atoms with van der Waals surface area (Å²) in [6.45, 7) is 11.6. The zero-order valence-corrected chi connectivity index (χ0v) is 20.9. The van der Waals surface area contributed by atoms with E-state index in [4.69, 9.17) is 4.98 Å². The van der Waals surface area contributed by atoms with Gasteiger partial charge in [-0.1, -0.05) is 102 Å². The molecule has 170 valence electrons. The molecule has 0 bridgehead atoms. The molecule has 4 rings (SSSR count). The molecule has 0 radical (unpaired) electrons. The zero-order valence-electron chi connectivity index (χ0n) is 20.9. The molecular weight excluding hydrogens is 398 g/mol. The van der Waals surface area contributed by atoms with Crippen molar-refractivity contribution in [3.05, 3.63) is 90.1 Å². The predicted octanol–water partition coefficient (Wildman–Crippen LogP) is 9.24. The lowest BCUT2D eigenvalue weighted by atomic mass is 9.69. The van der Waals surface area contributed by atoms with Crippen LogP contribution in [0.3, 0.4) is 0 Å². The smallest absolute Gasteiger partial charge is 0.0783 e. The number of hydrogen-bond acceptors (Lipinski definition) is 1. The van der Waals surface area contributed by atoms with Gasteiger partial charge in [-0.25, -0.2) is 0 Å². The van der Waals surface area contributed by atoms with Crippen molar-refractivity contribution >= 4 is 10.8 Å². The van der Waals surface area contributed by atoms with Crippen molar-refractivity contribution in [1.29, 1.82) is 0 Å². The summed E-state index contributed by atoms with van der Waals surface area (Å²) in [4.78, 5) is 4.93. The van der Waals surface area contributed by atoms with Gasteiger partial charge in [0, 0.05) is 17.1 Å². The fourth-order valence-corrected chi connectivity index (χ4v) is 4.91. The van der Waals surface area contributed by atoms with Crippen LogP contribution in [0.5, 0.6) is 0 Å². The molecule has 0 aliphatic heterocycles. The number of rotatable bonds is 8. The Hall–Kier alpha value is -2.93. The van der Waals surface area contributed by atoms with E-state index in [1.54, 1.807) is 0 Å². The summed E-state index contributed by atoms with van der Waals surface area (Å²) in [5.41, 5.74) is 7.77. The quantitative estimate of drug-likeness (QED) is 0.269. The molecule has 0 spiro atoms. The molecule has 1 nitrogen and oxygen atoms in total. The third kappa shape index (κ3) is 4.60. The normalized spacial score (nSPS) is 13.4. The van der Waals surface area contributed by atoms with E-state index >= 15 is 0 Å². The van der Waals surface area contributed by atoms with Gasteiger partial charge in [0.2, 0.25) is 0 Å². The van der Waals surface area contributed by atoms with Crippen LogP contribution in [0.15, 0.2) is 79.0 Å². The van der Waals surface area contributed by atoms with Gasteiger partial charge < -0.3 is 0 Å². The van der Waals surface area contributed by atoms with E-state index in [1.165, 1.54) is 51.4 Å². The molecular formula is C32H37N. The molecule has 1 atom stereocenters. The molecule has 0 saturated carbocycles. The van der Waals surface area contributed by atoms with Crippen molar-refractivity contribution in [3.8, 4) is 22.4 Å². The van der Waals surface area contributed by atoms with E-state index < -0.39 is 0 Å². The summed E-state index contributed by atoms with van der Waals surface area (Å²) < 4.78 is 0. The fourth-order valence-electron chi connectivity index (χ4n) is 4.91. The Kier molecular flexibility index (Phi) is 6.98. The van der Waals surface area contributed by atoms with Crippen molar-refractivity contribution in [2.24, 2.45) is 5.92 Å².